The van der Waals surface area contributed by atoms with E-state index in [-0.39, 0.29) is 18.4 Å². The van der Waals surface area contributed by atoms with Crippen molar-refractivity contribution >= 4 is 40.0 Å². The second kappa shape index (κ2) is 7.20. The average molecular weight is 359 g/mol. The molecule has 1 heterocycles. The molecule has 0 aliphatic carbocycles. The molecule has 5 heteroatoms. The highest BCUT2D eigenvalue weighted by molar-refractivity contribution is 6.35. The lowest BCUT2D eigenvalue weighted by Crippen LogP contribution is -2.28. The molecule has 0 fully saturated rings. The fourth-order valence-electron chi connectivity index (χ4n) is 2.71. The van der Waals surface area contributed by atoms with Crippen molar-refractivity contribution in [1.29, 1.82) is 0 Å². The Balaban J connectivity index is 1.75. The molecule has 1 unspecified atom stereocenters. The van der Waals surface area contributed by atoms with Gasteiger partial charge in [-0.05, 0) is 36.2 Å². The van der Waals surface area contributed by atoms with Gasteiger partial charge < -0.3 is 5.32 Å². The zero-order valence-electron chi connectivity index (χ0n) is 13.1. The molecule has 0 radical (unpaired) electrons. The van der Waals surface area contributed by atoms with E-state index in [0.717, 1.165) is 22.0 Å². The molecular weight excluding hydrogens is 343 g/mol. The van der Waals surface area contributed by atoms with Gasteiger partial charge in [-0.3, -0.25) is 9.78 Å². The van der Waals surface area contributed by atoms with Crippen LogP contribution in [0.4, 0.5) is 0 Å². The molecule has 0 aliphatic rings. The van der Waals surface area contributed by atoms with E-state index >= 15 is 0 Å². The van der Waals surface area contributed by atoms with Gasteiger partial charge in [0.15, 0.2) is 0 Å². The molecule has 0 saturated carbocycles. The summed E-state index contributed by atoms with van der Waals surface area (Å²) in [7, 11) is 0. The van der Waals surface area contributed by atoms with Crippen LogP contribution in [0.2, 0.25) is 10.0 Å². The minimum atomic E-state index is -0.204. The first-order valence-corrected chi connectivity index (χ1v) is 8.37. The number of nitrogens with one attached hydrogen (secondary N) is 1. The minimum absolute atomic E-state index is 0.0772. The Morgan fingerprint density at radius 1 is 1.17 bits per heavy atom. The lowest BCUT2D eigenvalue weighted by molar-refractivity contribution is -0.121. The summed E-state index contributed by atoms with van der Waals surface area (Å²) in [5, 5.41) is 5.12. The zero-order chi connectivity index (χ0) is 17.1. The van der Waals surface area contributed by atoms with Crippen LogP contribution >= 0.6 is 23.2 Å². The predicted molar refractivity (Wildman–Crippen MR) is 98.5 cm³/mol. The quantitative estimate of drug-likeness (QED) is 0.715. The smallest absolute Gasteiger partial charge is 0.224 e. The number of aromatic nitrogens is 1. The number of carbonyl (C=O) groups excluding carboxylic acids is 1. The van der Waals surface area contributed by atoms with E-state index in [2.05, 4.69) is 10.3 Å². The van der Waals surface area contributed by atoms with Crippen LogP contribution in [0.5, 0.6) is 0 Å². The molecule has 1 amide bonds. The first-order valence-electron chi connectivity index (χ1n) is 7.61. The van der Waals surface area contributed by atoms with E-state index in [0.29, 0.717) is 10.0 Å². The van der Waals surface area contributed by atoms with Crippen LogP contribution in [0, 0.1) is 0 Å². The number of fused-ring (bicyclic) bond motifs is 1. The van der Waals surface area contributed by atoms with Crippen LogP contribution in [0.25, 0.3) is 10.9 Å². The maximum Gasteiger partial charge on any atom is 0.224 e. The second-order valence-electron chi connectivity index (χ2n) is 5.62. The molecule has 0 saturated heterocycles. The maximum absolute atomic E-state index is 12.4. The van der Waals surface area contributed by atoms with Gasteiger partial charge in [0.25, 0.3) is 0 Å². The van der Waals surface area contributed by atoms with Gasteiger partial charge in [-0.1, -0.05) is 53.5 Å². The Kier molecular flexibility index (Phi) is 5.03. The molecule has 0 spiro atoms. The van der Waals surface area contributed by atoms with Gasteiger partial charge in [0.1, 0.15) is 0 Å². The number of hydrogen-bond donors (Lipinski definition) is 1. The highest BCUT2D eigenvalue weighted by Gasteiger charge is 2.14. The van der Waals surface area contributed by atoms with Crippen molar-refractivity contribution < 1.29 is 4.79 Å². The van der Waals surface area contributed by atoms with E-state index in [1.165, 1.54) is 0 Å². The SMILES string of the molecule is CC(NC(=O)Cc1cccc2cccnc12)c1ccc(Cl)cc1Cl. The monoisotopic (exact) mass is 358 g/mol. The number of benzene rings is 2. The standard InChI is InChI=1S/C19H16Cl2N2O/c1-12(16-8-7-15(20)11-17(16)21)23-18(24)10-14-5-2-4-13-6-3-9-22-19(13)14/h2-9,11-12H,10H2,1H3,(H,23,24). The van der Waals surface area contributed by atoms with Crippen molar-refractivity contribution in [2.75, 3.05) is 0 Å². The molecule has 3 nitrogen and oxygen atoms in total. The number of para-hydroxylation sites is 1. The predicted octanol–water partition coefficient (Wildman–Crippen LogP) is 4.96. The normalized spacial score (nSPS) is 12.1. The molecule has 3 rings (SSSR count). The van der Waals surface area contributed by atoms with E-state index in [9.17, 15) is 4.79 Å². The number of rotatable bonds is 4. The molecule has 3 aromatic rings. The van der Waals surface area contributed by atoms with E-state index in [1.807, 2.05) is 43.3 Å². The summed E-state index contributed by atoms with van der Waals surface area (Å²) in [4.78, 5) is 16.8. The van der Waals surface area contributed by atoms with Crippen LogP contribution in [0.15, 0.2) is 54.7 Å². The highest BCUT2D eigenvalue weighted by atomic mass is 35.5. The van der Waals surface area contributed by atoms with Crippen LogP contribution in [-0.4, -0.2) is 10.9 Å². The number of pyridine rings is 1. The van der Waals surface area contributed by atoms with E-state index in [4.69, 9.17) is 23.2 Å². The summed E-state index contributed by atoms with van der Waals surface area (Å²) in [5.74, 6) is -0.0772. The van der Waals surface area contributed by atoms with E-state index in [1.54, 1.807) is 18.3 Å². The molecule has 1 atom stereocenters. The third-order valence-corrected chi connectivity index (χ3v) is 4.44. The number of carbonyl (C=O) groups is 1. The van der Waals surface area contributed by atoms with Crippen molar-refractivity contribution in [3.8, 4) is 0 Å². The summed E-state index contributed by atoms with van der Waals surface area (Å²) >= 11 is 12.1. The number of amides is 1. The van der Waals surface area contributed by atoms with Crippen molar-refractivity contribution in [3.05, 3.63) is 75.9 Å². The Morgan fingerprint density at radius 2 is 1.96 bits per heavy atom. The van der Waals surface area contributed by atoms with Crippen molar-refractivity contribution in [2.45, 2.75) is 19.4 Å². The summed E-state index contributed by atoms with van der Waals surface area (Å²) in [6.07, 6.45) is 2.00. The fraction of sp³-hybridized carbons (Fsp3) is 0.158. The number of hydrogen-bond acceptors (Lipinski definition) is 2. The fourth-order valence-corrected chi connectivity index (χ4v) is 3.28. The first kappa shape index (κ1) is 16.7. The van der Waals surface area contributed by atoms with Gasteiger partial charge in [-0.15, -0.1) is 0 Å². The highest BCUT2D eigenvalue weighted by Crippen LogP contribution is 2.26. The largest absolute Gasteiger partial charge is 0.349 e. The first-order chi connectivity index (χ1) is 11.5. The zero-order valence-corrected chi connectivity index (χ0v) is 14.6. The van der Waals surface area contributed by atoms with Gasteiger partial charge in [0.2, 0.25) is 5.91 Å². The van der Waals surface area contributed by atoms with Crippen LogP contribution in [-0.2, 0) is 11.2 Å². The molecule has 24 heavy (non-hydrogen) atoms. The Hall–Kier alpha value is -2.10. The second-order valence-corrected chi connectivity index (χ2v) is 6.47. The summed E-state index contributed by atoms with van der Waals surface area (Å²) in [6.45, 7) is 1.90. The van der Waals surface area contributed by atoms with Gasteiger partial charge >= 0.3 is 0 Å². The Bertz CT molecular complexity index is 890. The summed E-state index contributed by atoms with van der Waals surface area (Å²) in [5.41, 5.74) is 2.60. The van der Waals surface area contributed by atoms with Gasteiger partial charge in [-0.2, -0.15) is 0 Å². The topological polar surface area (TPSA) is 42.0 Å². The van der Waals surface area contributed by atoms with Gasteiger partial charge in [-0.25, -0.2) is 0 Å². The number of nitrogens with zero attached hydrogens (tertiary/aromatic N) is 1. The third-order valence-electron chi connectivity index (χ3n) is 3.87. The lowest BCUT2D eigenvalue weighted by atomic mass is 10.1. The van der Waals surface area contributed by atoms with Crippen LogP contribution < -0.4 is 5.32 Å². The molecule has 1 aromatic heterocycles. The molecule has 1 N–H and O–H groups in total. The molecular formula is C19H16Cl2N2O. The molecule has 0 bridgehead atoms. The Labute approximate surface area is 150 Å². The lowest BCUT2D eigenvalue weighted by Gasteiger charge is -2.16. The van der Waals surface area contributed by atoms with Crippen molar-refractivity contribution in [2.24, 2.45) is 0 Å². The van der Waals surface area contributed by atoms with Gasteiger partial charge in [0, 0.05) is 21.6 Å². The van der Waals surface area contributed by atoms with Crippen molar-refractivity contribution in [3.63, 3.8) is 0 Å². The van der Waals surface area contributed by atoms with E-state index < -0.39 is 0 Å². The molecule has 0 aliphatic heterocycles. The van der Waals surface area contributed by atoms with Crippen LogP contribution in [0.1, 0.15) is 24.1 Å². The number of halogens is 2. The summed E-state index contributed by atoms with van der Waals surface area (Å²) in [6, 6.07) is 14.8. The van der Waals surface area contributed by atoms with Crippen LogP contribution in [0.3, 0.4) is 0 Å². The van der Waals surface area contributed by atoms with Crippen molar-refractivity contribution in [1.82, 2.24) is 10.3 Å². The Morgan fingerprint density at radius 3 is 2.75 bits per heavy atom. The minimum Gasteiger partial charge on any atom is -0.349 e. The molecule has 2 aromatic carbocycles. The van der Waals surface area contributed by atoms with Gasteiger partial charge in [0.05, 0.1) is 18.0 Å². The summed E-state index contributed by atoms with van der Waals surface area (Å²) < 4.78 is 0. The third kappa shape index (κ3) is 3.69. The average Bonchev–Trinajstić information content (AvgIpc) is 2.55. The molecule has 122 valence electrons. The maximum atomic E-state index is 12.4.